The van der Waals surface area contributed by atoms with E-state index in [9.17, 15) is 10.1 Å². The first-order valence-electron chi connectivity index (χ1n) is 7.75. The Balaban J connectivity index is 2.00. The summed E-state index contributed by atoms with van der Waals surface area (Å²) in [6.07, 6.45) is 0.518. The first-order valence-corrected chi connectivity index (χ1v) is 7.75. The number of anilines is 1. The van der Waals surface area contributed by atoms with Gasteiger partial charge in [-0.25, -0.2) is 9.67 Å². The van der Waals surface area contributed by atoms with E-state index in [0.717, 1.165) is 16.9 Å². The Morgan fingerprint density at radius 3 is 2.62 bits per heavy atom. The number of nitrogens with zero attached hydrogens (tertiary/aromatic N) is 6. The molecule has 24 heavy (non-hydrogen) atoms. The lowest BCUT2D eigenvalue weighted by Gasteiger charge is -2.18. The standard InChI is InChI=1S/C16H20N6O2/c1-5-11-15(22(23)24)16(21(4)18-11)19(2)10-14-17-12-8-6-7-9-13(12)20(14)3/h6-9H,5,10H2,1-4H3. The van der Waals surface area contributed by atoms with E-state index in [2.05, 4.69) is 10.1 Å². The van der Waals surface area contributed by atoms with Gasteiger partial charge in [-0.05, 0) is 18.6 Å². The van der Waals surface area contributed by atoms with Gasteiger partial charge in [0.25, 0.3) is 0 Å². The molecule has 126 valence electrons. The van der Waals surface area contributed by atoms with Gasteiger partial charge in [0, 0.05) is 21.1 Å². The number of hydrogen-bond acceptors (Lipinski definition) is 5. The van der Waals surface area contributed by atoms with Crippen molar-refractivity contribution in [3.05, 3.63) is 45.9 Å². The summed E-state index contributed by atoms with van der Waals surface area (Å²) in [5, 5.41) is 15.8. The highest BCUT2D eigenvalue weighted by molar-refractivity contribution is 5.75. The highest BCUT2D eigenvalue weighted by Gasteiger charge is 2.28. The summed E-state index contributed by atoms with van der Waals surface area (Å²) in [6.45, 7) is 2.32. The fraction of sp³-hybridized carbons (Fsp3) is 0.375. The van der Waals surface area contributed by atoms with Crippen molar-refractivity contribution in [1.29, 1.82) is 0 Å². The van der Waals surface area contributed by atoms with Gasteiger partial charge >= 0.3 is 5.69 Å². The van der Waals surface area contributed by atoms with Crippen LogP contribution in [0.3, 0.4) is 0 Å². The molecule has 0 bridgehead atoms. The van der Waals surface area contributed by atoms with Crippen LogP contribution in [0, 0.1) is 10.1 Å². The molecular formula is C16H20N6O2. The molecule has 8 heteroatoms. The third-order valence-electron chi connectivity index (χ3n) is 4.20. The number of nitro groups is 1. The maximum atomic E-state index is 11.5. The van der Waals surface area contributed by atoms with Crippen LogP contribution in [0.25, 0.3) is 11.0 Å². The SMILES string of the molecule is CCc1nn(C)c(N(C)Cc2nc3ccccc3n2C)c1[N+](=O)[O-]. The Kier molecular flexibility index (Phi) is 3.96. The van der Waals surface area contributed by atoms with Crippen LogP contribution in [0.15, 0.2) is 24.3 Å². The van der Waals surface area contributed by atoms with Crippen molar-refractivity contribution in [3.8, 4) is 0 Å². The summed E-state index contributed by atoms with van der Waals surface area (Å²) in [4.78, 5) is 17.6. The molecule has 2 heterocycles. The molecule has 1 aromatic carbocycles. The highest BCUT2D eigenvalue weighted by Crippen LogP contribution is 2.32. The van der Waals surface area contributed by atoms with Crippen molar-refractivity contribution < 1.29 is 4.92 Å². The first kappa shape index (κ1) is 16.0. The Morgan fingerprint density at radius 1 is 1.29 bits per heavy atom. The van der Waals surface area contributed by atoms with Crippen LogP contribution in [0.2, 0.25) is 0 Å². The van der Waals surface area contributed by atoms with Gasteiger partial charge in [0.1, 0.15) is 11.5 Å². The number of aryl methyl sites for hydroxylation is 3. The van der Waals surface area contributed by atoms with Crippen molar-refractivity contribution in [1.82, 2.24) is 19.3 Å². The maximum Gasteiger partial charge on any atom is 0.334 e. The Morgan fingerprint density at radius 2 is 2.00 bits per heavy atom. The zero-order valence-electron chi connectivity index (χ0n) is 14.2. The second-order valence-corrected chi connectivity index (χ2v) is 5.79. The molecule has 0 aliphatic carbocycles. The van der Waals surface area contributed by atoms with Gasteiger partial charge in [-0.1, -0.05) is 19.1 Å². The number of hydrogen-bond donors (Lipinski definition) is 0. The lowest BCUT2D eigenvalue weighted by molar-refractivity contribution is -0.384. The molecule has 0 radical (unpaired) electrons. The molecule has 0 aliphatic rings. The fourth-order valence-electron chi connectivity index (χ4n) is 3.03. The van der Waals surface area contributed by atoms with Gasteiger partial charge < -0.3 is 9.47 Å². The highest BCUT2D eigenvalue weighted by atomic mass is 16.6. The smallest absolute Gasteiger partial charge is 0.334 e. The van der Waals surface area contributed by atoms with E-state index in [4.69, 9.17) is 0 Å². The predicted octanol–water partition coefficient (Wildman–Crippen LogP) is 2.41. The van der Waals surface area contributed by atoms with Crippen LogP contribution in [0.1, 0.15) is 18.4 Å². The Bertz CT molecular complexity index is 911. The van der Waals surface area contributed by atoms with Crippen LogP contribution in [0.4, 0.5) is 11.5 Å². The molecule has 0 saturated carbocycles. The van der Waals surface area contributed by atoms with Crippen LogP contribution in [-0.2, 0) is 27.1 Å². The molecule has 3 rings (SSSR count). The molecule has 0 spiro atoms. The molecule has 0 atom stereocenters. The van der Waals surface area contributed by atoms with E-state index in [1.807, 2.05) is 54.8 Å². The van der Waals surface area contributed by atoms with E-state index < -0.39 is 0 Å². The summed E-state index contributed by atoms with van der Waals surface area (Å²) in [6, 6.07) is 7.88. The van der Waals surface area contributed by atoms with Crippen molar-refractivity contribution in [3.63, 3.8) is 0 Å². The zero-order valence-corrected chi connectivity index (χ0v) is 14.2. The second-order valence-electron chi connectivity index (χ2n) is 5.79. The predicted molar refractivity (Wildman–Crippen MR) is 92.1 cm³/mol. The maximum absolute atomic E-state index is 11.5. The Labute approximate surface area is 139 Å². The van der Waals surface area contributed by atoms with E-state index in [1.54, 1.807) is 11.7 Å². The molecule has 0 saturated heterocycles. The topological polar surface area (TPSA) is 82.0 Å². The van der Waals surface area contributed by atoms with Crippen molar-refractivity contribution in [2.24, 2.45) is 14.1 Å². The van der Waals surface area contributed by atoms with E-state index in [0.29, 0.717) is 24.5 Å². The number of fused-ring (bicyclic) bond motifs is 1. The molecule has 8 nitrogen and oxygen atoms in total. The first-order chi connectivity index (χ1) is 11.4. The summed E-state index contributed by atoms with van der Waals surface area (Å²) in [5.74, 6) is 1.33. The van der Waals surface area contributed by atoms with Crippen molar-refractivity contribution in [2.75, 3.05) is 11.9 Å². The van der Waals surface area contributed by atoms with Gasteiger partial charge in [0.05, 0.1) is 22.5 Å². The van der Waals surface area contributed by atoms with E-state index in [1.165, 1.54) is 0 Å². The minimum atomic E-state index is -0.355. The van der Waals surface area contributed by atoms with Crippen molar-refractivity contribution >= 4 is 22.5 Å². The number of aromatic nitrogens is 4. The quantitative estimate of drug-likeness (QED) is 0.530. The monoisotopic (exact) mass is 328 g/mol. The summed E-state index contributed by atoms with van der Waals surface area (Å²) in [5.41, 5.74) is 2.52. The molecule has 0 N–H and O–H groups in total. The summed E-state index contributed by atoms with van der Waals surface area (Å²) in [7, 11) is 5.50. The fourth-order valence-corrected chi connectivity index (χ4v) is 3.03. The van der Waals surface area contributed by atoms with Gasteiger partial charge in [-0.3, -0.25) is 10.1 Å². The third-order valence-corrected chi connectivity index (χ3v) is 4.20. The number of imidazole rings is 1. The van der Waals surface area contributed by atoms with Gasteiger partial charge in [0.15, 0.2) is 0 Å². The lowest BCUT2D eigenvalue weighted by atomic mass is 10.3. The molecule has 0 aliphatic heterocycles. The molecule has 0 amide bonds. The summed E-state index contributed by atoms with van der Waals surface area (Å²) < 4.78 is 3.58. The normalized spacial score (nSPS) is 11.2. The van der Waals surface area contributed by atoms with Gasteiger partial charge in [-0.15, -0.1) is 0 Å². The molecular weight excluding hydrogens is 308 g/mol. The van der Waals surface area contributed by atoms with Crippen molar-refractivity contribution in [2.45, 2.75) is 19.9 Å². The third kappa shape index (κ3) is 2.49. The van der Waals surface area contributed by atoms with Gasteiger partial charge in [0.2, 0.25) is 5.82 Å². The molecule has 0 unspecified atom stereocenters. The van der Waals surface area contributed by atoms with Crippen LogP contribution in [-0.4, -0.2) is 31.3 Å². The molecule has 2 aromatic heterocycles. The largest absolute Gasteiger partial charge is 0.347 e. The zero-order chi connectivity index (χ0) is 17.4. The second kappa shape index (κ2) is 5.95. The molecule has 0 fully saturated rings. The number of rotatable bonds is 5. The minimum Gasteiger partial charge on any atom is -0.347 e. The molecule has 3 aromatic rings. The average molecular weight is 328 g/mol. The number of para-hydroxylation sites is 2. The minimum absolute atomic E-state index is 0.0706. The van der Waals surface area contributed by atoms with E-state index >= 15 is 0 Å². The van der Waals surface area contributed by atoms with Gasteiger partial charge in [-0.2, -0.15) is 5.10 Å². The van der Waals surface area contributed by atoms with Crippen LogP contribution < -0.4 is 4.90 Å². The number of benzene rings is 1. The summed E-state index contributed by atoms with van der Waals surface area (Å²) >= 11 is 0. The lowest BCUT2D eigenvalue weighted by Crippen LogP contribution is -2.22. The van der Waals surface area contributed by atoms with E-state index in [-0.39, 0.29) is 10.6 Å². The van der Waals surface area contributed by atoms with Crippen LogP contribution >= 0.6 is 0 Å². The van der Waals surface area contributed by atoms with Crippen LogP contribution in [0.5, 0.6) is 0 Å². The Hall–Kier alpha value is -2.90. The average Bonchev–Trinajstić information content (AvgIpc) is 3.05.